The van der Waals surface area contributed by atoms with Crippen molar-refractivity contribution < 1.29 is 9.90 Å². The van der Waals surface area contributed by atoms with E-state index in [0.29, 0.717) is 5.92 Å². The molecule has 0 saturated heterocycles. The number of aliphatic carboxylic acids is 1. The monoisotopic (exact) mass is 268 g/mol. The van der Waals surface area contributed by atoms with E-state index in [0.717, 1.165) is 35.2 Å². The maximum atomic E-state index is 10.9. The van der Waals surface area contributed by atoms with E-state index in [1.54, 1.807) is 11.3 Å². The van der Waals surface area contributed by atoms with Crippen LogP contribution in [0.2, 0.25) is 0 Å². The normalized spacial score (nSPS) is 15.3. The summed E-state index contributed by atoms with van der Waals surface area (Å²) in [6.07, 6.45) is 2.46. The Hall–Kier alpha value is -0.940. The average molecular weight is 268 g/mol. The lowest BCUT2D eigenvalue weighted by atomic mass is 10.2. The zero-order valence-electron chi connectivity index (χ0n) is 11.0. The molecule has 4 nitrogen and oxygen atoms in total. The Kier molecular flexibility index (Phi) is 4.35. The van der Waals surface area contributed by atoms with E-state index < -0.39 is 5.97 Å². The quantitative estimate of drug-likeness (QED) is 0.825. The number of hydrogen-bond donors (Lipinski definition) is 1. The van der Waals surface area contributed by atoms with Gasteiger partial charge in [0.1, 0.15) is 5.01 Å². The summed E-state index contributed by atoms with van der Waals surface area (Å²) >= 11 is 1.58. The van der Waals surface area contributed by atoms with Gasteiger partial charge in [-0.05, 0) is 25.9 Å². The molecule has 0 aliphatic heterocycles. The number of rotatable bonds is 7. The first-order valence-corrected chi connectivity index (χ1v) is 7.38. The Bertz CT molecular complexity index is 423. The third kappa shape index (κ3) is 3.29. The summed E-state index contributed by atoms with van der Waals surface area (Å²) in [4.78, 5) is 18.8. The predicted octanol–water partition coefficient (Wildman–Crippen LogP) is 2.49. The molecule has 18 heavy (non-hydrogen) atoms. The van der Waals surface area contributed by atoms with Crippen LogP contribution >= 0.6 is 11.3 Å². The van der Waals surface area contributed by atoms with Gasteiger partial charge in [-0.3, -0.25) is 9.69 Å². The van der Waals surface area contributed by atoms with E-state index in [1.807, 2.05) is 0 Å². The molecule has 1 aliphatic rings. The van der Waals surface area contributed by atoms with Gasteiger partial charge in [-0.25, -0.2) is 4.98 Å². The van der Waals surface area contributed by atoms with Crippen molar-refractivity contribution >= 4 is 17.3 Å². The fourth-order valence-electron chi connectivity index (χ4n) is 2.06. The predicted molar refractivity (Wildman–Crippen MR) is 72.1 cm³/mol. The fraction of sp³-hybridized carbons (Fsp3) is 0.692. The fourth-order valence-corrected chi connectivity index (χ4v) is 3.25. The SMILES string of the molecule is CCN(CC)Cc1nc(C2CC2)c(CC(=O)O)s1. The summed E-state index contributed by atoms with van der Waals surface area (Å²) in [5.41, 5.74) is 1.06. The molecule has 1 saturated carbocycles. The van der Waals surface area contributed by atoms with Crippen LogP contribution in [0.4, 0.5) is 0 Å². The van der Waals surface area contributed by atoms with Crippen molar-refractivity contribution in [3.05, 3.63) is 15.6 Å². The van der Waals surface area contributed by atoms with E-state index in [2.05, 4.69) is 23.7 Å². The van der Waals surface area contributed by atoms with Crippen LogP contribution in [0.15, 0.2) is 0 Å². The molecule has 1 fully saturated rings. The van der Waals surface area contributed by atoms with Gasteiger partial charge in [0.05, 0.1) is 18.7 Å². The Morgan fingerprint density at radius 2 is 2.11 bits per heavy atom. The lowest BCUT2D eigenvalue weighted by molar-refractivity contribution is -0.136. The first-order valence-electron chi connectivity index (χ1n) is 6.56. The van der Waals surface area contributed by atoms with Crippen LogP contribution in [0.1, 0.15) is 48.2 Å². The van der Waals surface area contributed by atoms with E-state index in [-0.39, 0.29) is 6.42 Å². The van der Waals surface area contributed by atoms with Gasteiger partial charge in [0.25, 0.3) is 0 Å². The summed E-state index contributed by atoms with van der Waals surface area (Å²) in [7, 11) is 0. The molecule has 0 atom stereocenters. The minimum absolute atomic E-state index is 0.127. The summed E-state index contributed by atoms with van der Waals surface area (Å²) in [5, 5.41) is 10.0. The number of carboxylic acids is 1. The number of aromatic nitrogens is 1. The van der Waals surface area contributed by atoms with Crippen molar-refractivity contribution in [2.75, 3.05) is 13.1 Å². The van der Waals surface area contributed by atoms with Gasteiger partial charge in [0.2, 0.25) is 0 Å². The van der Waals surface area contributed by atoms with Gasteiger partial charge in [-0.2, -0.15) is 0 Å². The maximum absolute atomic E-state index is 10.9. The van der Waals surface area contributed by atoms with E-state index in [1.165, 1.54) is 12.8 Å². The molecule has 1 aromatic heterocycles. The average Bonchev–Trinajstić information content (AvgIpc) is 3.09. The highest BCUT2D eigenvalue weighted by atomic mass is 32.1. The first-order chi connectivity index (χ1) is 8.63. The molecule has 0 radical (unpaired) electrons. The molecule has 2 rings (SSSR count). The third-order valence-electron chi connectivity index (χ3n) is 3.30. The molecule has 1 aliphatic carbocycles. The van der Waals surface area contributed by atoms with Crippen molar-refractivity contribution in [3.63, 3.8) is 0 Å². The van der Waals surface area contributed by atoms with Gasteiger partial charge in [-0.1, -0.05) is 13.8 Å². The number of carbonyl (C=O) groups is 1. The number of thiazole rings is 1. The molecular weight excluding hydrogens is 248 g/mol. The molecule has 0 aromatic carbocycles. The maximum Gasteiger partial charge on any atom is 0.308 e. The van der Waals surface area contributed by atoms with Gasteiger partial charge in [-0.15, -0.1) is 11.3 Å². The minimum atomic E-state index is -0.755. The lowest BCUT2D eigenvalue weighted by Gasteiger charge is -2.15. The molecule has 1 aromatic rings. The molecular formula is C13H20N2O2S. The van der Waals surface area contributed by atoms with Crippen LogP contribution in [0.5, 0.6) is 0 Å². The molecule has 1 N–H and O–H groups in total. The van der Waals surface area contributed by atoms with Crippen molar-refractivity contribution in [1.29, 1.82) is 0 Å². The molecule has 100 valence electrons. The van der Waals surface area contributed by atoms with Gasteiger partial charge >= 0.3 is 5.97 Å². The van der Waals surface area contributed by atoms with Crippen molar-refractivity contribution in [3.8, 4) is 0 Å². The van der Waals surface area contributed by atoms with Crippen LogP contribution in [0.25, 0.3) is 0 Å². The number of nitrogens with zero attached hydrogens (tertiary/aromatic N) is 2. The summed E-state index contributed by atoms with van der Waals surface area (Å²) in [6, 6.07) is 0. The van der Waals surface area contributed by atoms with Gasteiger partial charge < -0.3 is 5.11 Å². The summed E-state index contributed by atoms with van der Waals surface area (Å²) in [5.74, 6) is -0.226. The Morgan fingerprint density at radius 1 is 1.44 bits per heavy atom. The molecule has 0 unspecified atom stereocenters. The largest absolute Gasteiger partial charge is 0.481 e. The molecule has 1 heterocycles. The molecule has 0 bridgehead atoms. The summed E-state index contributed by atoms with van der Waals surface area (Å²) in [6.45, 7) is 7.12. The highest BCUT2D eigenvalue weighted by molar-refractivity contribution is 7.11. The number of hydrogen-bond acceptors (Lipinski definition) is 4. The van der Waals surface area contributed by atoms with Crippen LogP contribution in [-0.4, -0.2) is 34.0 Å². The first kappa shape index (κ1) is 13.5. The van der Waals surface area contributed by atoms with Gasteiger partial charge in [0, 0.05) is 10.8 Å². The van der Waals surface area contributed by atoms with Crippen LogP contribution in [0.3, 0.4) is 0 Å². The third-order valence-corrected chi connectivity index (χ3v) is 4.36. The second-order valence-electron chi connectivity index (χ2n) is 4.72. The van der Waals surface area contributed by atoms with Crippen LogP contribution in [-0.2, 0) is 17.8 Å². The molecule has 0 amide bonds. The van der Waals surface area contributed by atoms with Crippen molar-refractivity contribution in [1.82, 2.24) is 9.88 Å². The lowest BCUT2D eigenvalue weighted by Crippen LogP contribution is -2.21. The van der Waals surface area contributed by atoms with E-state index >= 15 is 0 Å². The number of carboxylic acid groups (broad SMARTS) is 1. The Balaban J connectivity index is 2.13. The van der Waals surface area contributed by atoms with Crippen LogP contribution < -0.4 is 0 Å². The zero-order valence-corrected chi connectivity index (χ0v) is 11.8. The minimum Gasteiger partial charge on any atom is -0.481 e. The van der Waals surface area contributed by atoms with Crippen LogP contribution in [0, 0.1) is 0 Å². The summed E-state index contributed by atoms with van der Waals surface area (Å²) < 4.78 is 0. The highest BCUT2D eigenvalue weighted by Gasteiger charge is 2.30. The molecule has 5 heteroatoms. The van der Waals surface area contributed by atoms with Crippen molar-refractivity contribution in [2.24, 2.45) is 0 Å². The zero-order chi connectivity index (χ0) is 13.1. The highest BCUT2D eigenvalue weighted by Crippen LogP contribution is 2.42. The van der Waals surface area contributed by atoms with Gasteiger partial charge in [0.15, 0.2) is 0 Å². The Labute approximate surface area is 112 Å². The standard InChI is InChI=1S/C13H20N2O2S/c1-3-15(4-2)8-11-14-13(9-5-6-9)10(18-11)7-12(16)17/h9H,3-8H2,1-2H3,(H,16,17). The second-order valence-corrected chi connectivity index (χ2v) is 5.89. The topological polar surface area (TPSA) is 53.4 Å². The smallest absolute Gasteiger partial charge is 0.308 e. The molecule has 0 spiro atoms. The van der Waals surface area contributed by atoms with Crippen molar-refractivity contribution in [2.45, 2.75) is 45.6 Å². The second kappa shape index (κ2) is 5.80. The van der Waals surface area contributed by atoms with E-state index in [9.17, 15) is 4.79 Å². The van der Waals surface area contributed by atoms with E-state index in [4.69, 9.17) is 5.11 Å². The Morgan fingerprint density at radius 3 is 2.61 bits per heavy atom.